The highest BCUT2D eigenvalue weighted by atomic mass is 127. The fraction of sp³-hybridized carbons (Fsp3) is 0.600. The molecule has 1 aromatic carbocycles. The van der Waals surface area contributed by atoms with E-state index in [4.69, 9.17) is 4.74 Å². The Kier molecular flexibility index (Phi) is 9.84. The van der Waals surface area contributed by atoms with E-state index < -0.39 is 0 Å². The van der Waals surface area contributed by atoms with Gasteiger partial charge >= 0.3 is 0 Å². The highest BCUT2D eigenvalue weighted by Crippen LogP contribution is 2.38. The molecule has 158 valence electrons. The molecule has 0 unspecified atom stereocenters. The van der Waals surface area contributed by atoms with Gasteiger partial charge in [-0.1, -0.05) is 18.9 Å². The molecule has 7 nitrogen and oxygen atoms in total. The van der Waals surface area contributed by atoms with Crippen molar-refractivity contribution in [3.05, 3.63) is 23.8 Å². The Labute approximate surface area is 185 Å². The van der Waals surface area contributed by atoms with Crippen molar-refractivity contribution in [3.8, 4) is 11.5 Å². The number of hydrogen-bond donors (Lipinski definition) is 3. The molecule has 0 atom stereocenters. The molecular weight excluding hydrogens is 471 g/mol. The van der Waals surface area contributed by atoms with Gasteiger partial charge in [0, 0.05) is 27.2 Å². The van der Waals surface area contributed by atoms with E-state index in [-0.39, 0.29) is 41.0 Å². The van der Waals surface area contributed by atoms with Gasteiger partial charge in [0.25, 0.3) is 0 Å². The average Bonchev–Trinajstić information content (AvgIpc) is 3.13. The molecule has 0 heterocycles. The van der Waals surface area contributed by atoms with E-state index in [2.05, 4.69) is 15.6 Å². The van der Waals surface area contributed by atoms with E-state index in [1.54, 1.807) is 17.0 Å². The minimum Gasteiger partial charge on any atom is -0.504 e. The van der Waals surface area contributed by atoms with Gasteiger partial charge in [-0.25, -0.2) is 4.99 Å². The predicted molar refractivity (Wildman–Crippen MR) is 122 cm³/mol. The summed E-state index contributed by atoms with van der Waals surface area (Å²) in [5.74, 6) is 1.40. The van der Waals surface area contributed by atoms with Gasteiger partial charge in [0.05, 0.1) is 19.1 Å². The molecular formula is C20H33IN4O3. The first-order valence-electron chi connectivity index (χ1n) is 9.51. The number of aliphatic imine (C=N–C) groups is 1. The van der Waals surface area contributed by atoms with Gasteiger partial charge in [-0.05, 0) is 37.5 Å². The number of phenols is 1. The molecule has 3 N–H and O–H groups in total. The molecule has 0 aliphatic heterocycles. The number of benzene rings is 1. The lowest BCUT2D eigenvalue weighted by Crippen LogP contribution is -2.49. The Balaban J connectivity index is 0.00000392. The normalized spacial score (nSPS) is 15.5. The molecule has 0 saturated heterocycles. The average molecular weight is 504 g/mol. The van der Waals surface area contributed by atoms with E-state index in [1.807, 2.05) is 27.1 Å². The summed E-state index contributed by atoms with van der Waals surface area (Å²) in [7, 11) is 5.16. The number of halogens is 1. The van der Waals surface area contributed by atoms with E-state index in [0.29, 0.717) is 24.8 Å². The third-order valence-corrected chi connectivity index (χ3v) is 5.02. The van der Waals surface area contributed by atoms with Crippen molar-refractivity contribution in [3.63, 3.8) is 0 Å². The zero-order valence-electron chi connectivity index (χ0n) is 17.2. The molecule has 1 aliphatic rings. The summed E-state index contributed by atoms with van der Waals surface area (Å²) in [5.41, 5.74) is 0.531. The molecule has 1 amide bonds. The van der Waals surface area contributed by atoms with Crippen LogP contribution in [-0.4, -0.2) is 56.2 Å². The van der Waals surface area contributed by atoms with E-state index in [1.165, 1.54) is 7.11 Å². The number of rotatable bonds is 7. The first-order valence-corrected chi connectivity index (χ1v) is 9.51. The summed E-state index contributed by atoms with van der Waals surface area (Å²) in [4.78, 5) is 19.0. The third-order valence-electron chi connectivity index (χ3n) is 5.02. The number of nitrogens with zero attached hydrogens (tertiary/aromatic N) is 2. The lowest BCUT2D eigenvalue weighted by atomic mass is 9.84. The van der Waals surface area contributed by atoms with Crippen LogP contribution >= 0.6 is 24.0 Å². The number of amides is 1. The van der Waals surface area contributed by atoms with Gasteiger partial charge < -0.3 is 25.4 Å². The summed E-state index contributed by atoms with van der Waals surface area (Å²) in [6.45, 7) is 3.73. The van der Waals surface area contributed by atoms with Crippen LogP contribution in [0.15, 0.2) is 23.2 Å². The maximum Gasteiger partial charge on any atom is 0.230 e. The number of methoxy groups -OCH3 is 1. The zero-order valence-corrected chi connectivity index (χ0v) is 19.6. The fourth-order valence-electron chi connectivity index (χ4n) is 3.59. The van der Waals surface area contributed by atoms with Crippen molar-refractivity contribution >= 4 is 35.8 Å². The molecule has 2 rings (SSSR count). The number of phenolic OH excluding ortho intramolecular Hbond substituents is 1. The third kappa shape index (κ3) is 6.15. The van der Waals surface area contributed by atoms with Crippen molar-refractivity contribution in [2.75, 3.05) is 34.3 Å². The second-order valence-corrected chi connectivity index (χ2v) is 7.24. The quantitative estimate of drug-likeness (QED) is 0.302. The minimum atomic E-state index is -0.349. The van der Waals surface area contributed by atoms with Crippen molar-refractivity contribution in [1.29, 1.82) is 0 Å². The maximum absolute atomic E-state index is 12.7. The van der Waals surface area contributed by atoms with Crippen LogP contribution in [0.2, 0.25) is 0 Å². The Morgan fingerprint density at radius 3 is 2.50 bits per heavy atom. The SMILES string of the molecule is CCNC(=NCc1ccc(OC)c(O)c1)NCC1(C(=O)N(C)C)CCCC1.I. The summed E-state index contributed by atoms with van der Waals surface area (Å²) in [6.07, 6.45) is 3.98. The summed E-state index contributed by atoms with van der Waals surface area (Å²) in [5, 5.41) is 16.5. The van der Waals surface area contributed by atoms with Crippen LogP contribution in [0.5, 0.6) is 11.5 Å². The summed E-state index contributed by atoms with van der Waals surface area (Å²) in [6, 6.07) is 5.25. The molecule has 1 saturated carbocycles. The number of nitrogens with one attached hydrogen (secondary N) is 2. The zero-order chi connectivity index (χ0) is 19.9. The monoisotopic (exact) mass is 504 g/mol. The van der Waals surface area contributed by atoms with Crippen LogP contribution in [0.25, 0.3) is 0 Å². The van der Waals surface area contributed by atoms with Gasteiger partial charge in [0.15, 0.2) is 17.5 Å². The highest BCUT2D eigenvalue weighted by Gasteiger charge is 2.42. The standard InChI is InChI=1S/C20H32N4O3.HI/c1-5-21-19(22-13-15-8-9-17(27-4)16(25)12-15)23-14-20(10-6-7-11-20)18(26)24(2)3;/h8-9,12,25H,5-7,10-11,13-14H2,1-4H3,(H2,21,22,23);1H. The topological polar surface area (TPSA) is 86.2 Å². The Morgan fingerprint density at radius 2 is 1.96 bits per heavy atom. The molecule has 8 heteroatoms. The number of aromatic hydroxyl groups is 1. The smallest absolute Gasteiger partial charge is 0.230 e. The largest absolute Gasteiger partial charge is 0.504 e. The van der Waals surface area contributed by atoms with Crippen LogP contribution in [-0.2, 0) is 11.3 Å². The highest BCUT2D eigenvalue weighted by molar-refractivity contribution is 14.0. The maximum atomic E-state index is 12.7. The number of carbonyl (C=O) groups excluding carboxylic acids is 1. The number of guanidine groups is 1. The fourth-order valence-corrected chi connectivity index (χ4v) is 3.59. The second kappa shape index (κ2) is 11.3. The van der Waals surface area contributed by atoms with Crippen LogP contribution in [0.3, 0.4) is 0 Å². The molecule has 0 bridgehead atoms. The van der Waals surface area contributed by atoms with Crippen LogP contribution < -0.4 is 15.4 Å². The number of carbonyl (C=O) groups is 1. The molecule has 1 aliphatic carbocycles. The molecule has 0 radical (unpaired) electrons. The molecule has 28 heavy (non-hydrogen) atoms. The Hall–Kier alpha value is -1.71. The summed E-state index contributed by atoms with van der Waals surface area (Å²) < 4.78 is 5.07. The second-order valence-electron chi connectivity index (χ2n) is 7.24. The molecule has 0 spiro atoms. The molecule has 1 aromatic rings. The van der Waals surface area contributed by atoms with E-state index in [9.17, 15) is 9.90 Å². The van der Waals surface area contributed by atoms with Crippen molar-refractivity contribution in [2.24, 2.45) is 10.4 Å². The van der Waals surface area contributed by atoms with Gasteiger partial charge in [0.1, 0.15) is 0 Å². The first kappa shape index (κ1) is 24.3. The van der Waals surface area contributed by atoms with Crippen LogP contribution in [0.4, 0.5) is 0 Å². The van der Waals surface area contributed by atoms with Crippen molar-refractivity contribution in [2.45, 2.75) is 39.2 Å². The van der Waals surface area contributed by atoms with Crippen LogP contribution in [0, 0.1) is 5.41 Å². The van der Waals surface area contributed by atoms with Crippen molar-refractivity contribution < 1.29 is 14.6 Å². The first-order chi connectivity index (χ1) is 12.9. The van der Waals surface area contributed by atoms with Gasteiger partial charge in [-0.15, -0.1) is 24.0 Å². The Bertz CT molecular complexity index is 673. The van der Waals surface area contributed by atoms with Gasteiger partial charge in [-0.3, -0.25) is 4.79 Å². The number of hydrogen-bond acceptors (Lipinski definition) is 4. The van der Waals surface area contributed by atoms with Gasteiger partial charge in [0.2, 0.25) is 5.91 Å². The minimum absolute atomic E-state index is 0. The number of ether oxygens (including phenoxy) is 1. The Morgan fingerprint density at radius 1 is 1.29 bits per heavy atom. The molecule has 0 aromatic heterocycles. The summed E-state index contributed by atoms with van der Waals surface area (Å²) >= 11 is 0. The van der Waals surface area contributed by atoms with Crippen LogP contribution in [0.1, 0.15) is 38.2 Å². The van der Waals surface area contributed by atoms with E-state index >= 15 is 0 Å². The lowest BCUT2D eigenvalue weighted by molar-refractivity contribution is -0.138. The van der Waals surface area contributed by atoms with Gasteiger partial charge in [-0.2, -0.15) is 0 Å². The van der Waals surface area contributed by atoms with Crippen molar-refractivity contribution in [1.82, 2.24) is 15.5 Å². The lowest BCUT2D eigenvalue weighted by Gasteiger charge is -2.31. The van der Waals surface area contributed by atoms with E-state index in [0.717, 1.165) is 37.8 Å². The predicted octanol–water partition coefficient (Wildman–Crippen LogP) is 2.72. The molecule has 1 fully saturated rings.